The topological polar surface area (TPSA) is 61.8 Å². The second kappa shape index (κ2) is 5.42. The van der Waals surface area contributed by atoms with Gasteiger partial charge in [-0.15, -0.1) is 0 Å². The molecule has 0 atom stereocenters. The first kappa shape index (κ1) is 12.9. The van der Waals surface area contributed by atoms with Crippen LogP contribution in [0.15, 0.2) is 45.3 Å². The Kier molecular flexibility index (Phi) is 3.90. The van der Waals surface area contributed by atoms with Crippen molar-refractivity contribution in [3.8, 4) is 6.07 Å². The quantitative estimate of drug-likeness (QED) is 0.774. The summed E-state index contributed by atoms with van der Waals surface area (Å²) in [6.45, 7) is 0. The molecular formula is C13H9Br2N3. The zero-order chi connectivity index (χ0) is 13.1. The highest BCUT2D eigenvalue weighted by atomic mass is 79.9. The summed E-state index contributed by atoms with van der Waals surface area (Å²) in [5.74, 6) is 0. The first-order chi connectivity index (χ1) is 8.60. The van der Waals surface area contributed by atoms with Crippen molar-refractivity contribution in [2.45, 2.75) is 0 Å². The normalized spacial score (nSPS) is 9.83. The van der Waals surface area contributed by atoms with Crippen molar-refractivity contribution in [2.24, 2.45) is 0 Å². The van der Waals surface area contributed by atoms with E-state index in [1.54, 1.807) is 12.1 Å². The molecule has 2 aromatic carbocycles. The van der Waals surface area contributed by atoms with E-state index in [1.807, 2.05) is 24.3 Å². The van der Waals surface area contributed by atoms with E-state index in [4.69, 9.17) is 11.0 Å². The number of nitrogens with zero attached hydrogens (tertiary/aromatic N) is 1. The van der Waals surface area contributed by atoms with E-state index in [9.17, 15) is 0 Å². The van der Waals surface area contributed by atoms with E-state index in [0.29, 0.717) is 11.3 Å². The minimum Gasteiger partial charge on any atom is -0.397 e. The molecule has 0 bridgehead atoms. The van der Waals surface area contributed by atoms with Crippen molar-refractivity contribution in [3.05, 3.63) is 50.9 Å². The monoisotopic (exact) mass is 365 g/mol. The number of nitrogens with two attached hydrogens (primary N) is 1. The number of nitrogen functional groups attached to an aromatic ring is 1. The van der Waals surface area contributed by atoms with Crippen LogP contribution in [0.2, 0.25) is 0 Å². The van der Waals surface area contributed by atoms with Crippen molar-refractivity contribution in [3.63, 3.8) is 0 Å². The Morgan fingerprint density at radius 2 is 1.83 bits per heavy atom. The van der Waals surface area contributed by atoms with E-state index in [0.717, 1.165) is 20.3 Å². The van der Waals surface area contributed by atoms with Gasteiger partial charge in [-0.25, -0.2) is 0 Å². The Labute approximate surface area is 122 Å². The van der Waals surface area contributed by atoms with E-state index in [1.165, 1.54) is 0 Å². The predicted octanol–water partition coefficient (Wildman–Crippen LogP) is 4.41. The number of hydrogen-bond acceptors (Lipinski definition) is 3. The largest absolute Gasteiger partial charge is 0.397 e. The van der Waals surface area contributed by atoms with Crippen LogP contribution in [0.5, 0.6) is 0 Å². The van der Waals surface area contributed by atoms with Crippen LogP contribution in [0.1, 0.15) is 5.56 Å². The van der Waals surface area contributed by atoms with E-state index < -0.39 is 0 Å². The molecule has 0 aliphatic heterocycles. The molecule has 0 radical (unpaired) electrons. The number of rotatable bonds is 2. The second-order valence-corrected chi connectivity index (χ2v) is 5.43. The Morgan fingerprint density at radius 3 is 2.50 bits per heavy atom. The minimum absolute atomic E-state index is 0.606. The van der Waals surface area contributed by atoms with Crippen LogP contribution in [0.3, 0.4) is 0 Å². The van der Waals surface area contributed by atoms with Gasteiger partial charge in [-0.1, -0.05) is 15.9 Å². The third-order valence-corrected chi connectivity index (χ3v) is 3.53. The molecule has 0 saturated carbocycles. The Bertz CT molecular complexity index is 633. The zero-order valence-electron chi connectivity index (χ0n) is 9.24. The molecule has 0 heterocycles. The van der Waals surface area contributed by atoms with Gasteiger partial charge in [0.25, 0.3) is 0 Å². The molecule has 3 nitrogen and oxygen atoms in total. The summed E-state index contributed by atoms with van der Waals surface area (Å²) in [4.78, 5) is 0. The molecule has 5 heteroatoms. The van der Waals surface area contributed by atoms with Gasteiger partial charge in [-0.3, -0.25) is 0 Å². The summed E-state index contributed by atoms with van der Waals surface area (Å²) in [6, 6.07) is 13.0. The third-order valence-electron chi connectivity index (χ3n) is 2.38. The number of hydrogen-bond donors (Lipinski definition) is 2. The molecule has 0 aliphatic carbocycles. The van der Waals surface area contributed by atoms with Crippen LogP contribution in [0.4, 0.5) is 17.1 Å². The molecular weight excluding hydrogens is 358 g/mol. The van der Waals surface area contributed by atoms with Gasteiger partial charge in [-0.05, 0) is 52.3 Å². The summed E-state index contributed by atoms with van der Waals surface area (Å²) in [5.41, 5.74) is 8.83. The van der Waals surface area contributed by atoms with E-state index >= 15 is 0 Å². The molecule has 0 spiro atoms. The van der Waals surface area contributed by atoms with Crippen LogP contribution in [0.25, 0.3) is 0 Å². The molecule has 90 valence electrons. The molecule has 0 saturated heterocycles. The average Bonchev–Trinajstić information content (AvgIpc) is 2.36. The minimum atomic E-state index is 0.606. The van der Waals surface area contributed by atoms with Gasteiger partial charge in [0.05, 0.1) is 28.7 Å². The molecule has 18 heavy (non-hydrogen) atoms. The lowest BCUT2D eigenvalue weighted by Crippen LogP contribution is -1.97. The lowest BCUT2D eigenvalue weighted by Gasteiger charge is -2.11. The fraction of sp³-hybridized carbons (Fsp3) is 0. The summed E-state index contributed by atoms with van der Waals surface area (Å²) in [5, 5.41) is 12.0. The van der Waals surface area contributed by atoms with Crippen LogP contribution in [0, 0.1) is 11.3 Å². The molecule has 0 fully saturated rings. The Hall–Kier alpha value is -1.51. The van der Waals surface area contributed by atoms with Crippen molar-refractivity contribution < 1.29 is 0 Å². The van der Waals surface area contributed by atoms with Crippen molar-refractivity contribution >= 4 is 48.9 Å². The third kappa shape index (κ3) is 2.84. The number of benzene rings is 2. The SMILES string of the molecule is N#Cc1ccc(Nc2cc(Br)ccc2N)c(Br)c1. The van der Waals surface area contributed by atoms with Crippen LogP contribution >= 0.6 is 31.9 Å². The molecule has 2 aromatic rings. The van der Waals surface area contributed by atoms with Gasteiger partial charge in [0, 0.05) is 8.95 Å². The summed E-state index contributed by atoms with van der Waals surface area (Å²) >= 11 is 6.82. The Morgan fingerprint density at radius 1 is 1.06 bits per heavy atom. The fourth-order valence-electron chi connectivity index (χ4n) is 1.47. The molecule has 2 rings (SSSR count). The average molecular weight is 367 g/mol. The van der Waals surface area contributed by atoms with Gasteiger partial charge in [-0.2, -0.15) is 5.26 Å². The predicted molar refractivity (Wildman–Crippen MR) is 80.7 cm³/mol. The van der Waals surface area contributed by atoms with E-state index in [2.05, 4.69) is 43.2 Å². The zero-order valence-corrected chi connectivity index (χ0v) is 12.4. The van der Waals surface area contributed by atoms with E-state index in [-0.39, 0.29) is 0 Å². The summed E-state index contributed by atoms with van der Waals surface area (Å²) in [6.07, 6.45) is 0. The number of nitrogens with one attached hydrogen (secondary N) is 1. The van der Waals surface area contributed by atoms with Crippen molar-refractivity contribution in [1.82, 2.24) is 0 Å². The summed E-state index contributed by atoms with van der Waals surface area (Å²) in [7, 11) is 0. The molecule has 0 aromatic heterocycles. The standard InChI is InChI=1S/C13H9Br2N3/c14-9-2-3-11(17)13(6-9)18-12-4-1-8(7-16)5-10(12)15/h1-6,18H,17H2. The van der Waals surface area contributed by atoms with Crippen LogP contribution < -0.4 is 11.1 Å². The van der Waals surface area contributed by atoms with Crippen LogP contribution in [-0.4, -0.2) is 0 Å². The Balaban J connectivity index is 2.34. The highest BCUT2D eigenvalue weighted by molar-refractivity contribution is 9.10. The number of anilines is 3. The maximum absolute atomic E-state index is 8.81. The van der Waals surface area contributed by atoms with Gasteiger partial charge >= 0.3 is 0 Å². The van der Waals surface area contributed by atoms with Gasteiger partial charge in [0.15, 0.2) is 0 Å². The van der Waals surface area contributed by atoms with Crippen molar-refractivity contribution in [2.75, 3.05) is 11.1 Å². The number of halogens is 2. The lowest BCUT2D eigenvalue weighted by atomic mass is 10.2. The molecule has 0 amide bonds. The van der Waals surface area contributed by atoms with Gasteiger partial charge in [0.1, 0.15) is 0 Å². The second-order valence-electron chi connectivity index (χ2n) is 3.66. The smallest absolute Gasteiger partial charge is 0.0992 e. The van der Waals surface area contributed by atoms with Gasteiger partial charge < -0.3 is 11.1 Å². The fourth-order valence-corrected chi connectivity index (χ4v) is 2.31. The maximum Gasteiger partial charge on any atom is 0.0992 e. The summed E-state index contributed by atoms with van der Waals surface area (Å²) < 4.78 is 1.77. The first-order valence-electron chi connectivity index (χ1n) is 5.12. The highest BCUT2D eigenvalue weighted by Crippen LogP contribution is 2.31. The first-order valence-corrected chi connectivity index (χ1v) is 6.70. The van der Waals surface area contributed by atoms with Gasteiger partial charge in [0.2, 0.25) is 0 Å². The molecule has 0 unspecified atom stereocenters. The van der Waals surface area contributed by atoms with Crippen LogP contribution in [-0.2, 0) is 0 Å². The number of nitriles is 1. The molecule has 0 aliphatic rings. The van der Waals surface area contributed by atoms with Crippen molar-refractivity contribution in [1.29, 1.82) is 5.26 Å². The molecule has 3 N–H and O–H groups in total. The maximum atomic E-state index is 8.81. The lowest BCUT2D eigenvalue weighted by molar-refractivity contribution is 1.46. The highest BCUT2D eigenvalue weighted by Gasteiger charge is 2.05.